The maximum Gasteiger partial charge on any atom is 0.436 e. The lowest BCUT2D eigenvalue weighted by molar-refractivity contribution is -0.142. The van der Waals surface area contributed by atoms with Crippen LogP contribution in [0.1, 0.15) is 21.7 Å². The fraction of sp³-hybridized carbons (Fsp3) is 0.357. The van der Waals surface area contributed by atoms with Crippen molar-refractivity contribution in [1.29, 1.82) is 0 Å². The Morgan fingerprint density at radius 2 is 2.00 bits per heavy atom. The van der Waals surface area contributed by atoms with E-state index in [9.17, 15) is 22.4 Å². The molecule has 1 amide bonds. The Bertz CT molecular complexity index is 839. The van der Waals surface area contributed by atoms with Gasteiger partial charge in [-0.3, -0.25) is 14.8 Å². The number of pyridine rings is 1. The number of carbonyl (C=O) groups is 1. The number of nitrogens with zero attached hydrogens (tertiary/aromatic N) is 5. The fourth-order valence-corrected chi connectivity index (χ4v) is 2.98. The summed E-state index contributed by atoms with van der Waals surface area (Å²) < 4.78 is 54.7. The van der Waals surface area contributed by atoms with E-state index in [0.29, 0.717) is 4.68 Å². The third-order valence-electron chi connectivity index (χ3n) is 3.36. The molecule has 0 atom stereocenters. The molecule has 0 aromatic carbocycles. The molecule has 2 aromatic heterocycles. The maximum absolute atomic E-state index is 14.2. The molecule has 2 rings (SSSR count). The molecule has 0 aliphatic heterocycles. The van der Waals surface area contributed by atoms with E-state index < -0.39 is 29.3 Å². The second kappa shape index (κ2) is 7.64. The van der Waals surface area contributed by atoms with Crippen LogP contribution >= 0.6 is 34.2 Å². The lowest BCUT2D eigenvalue weighted by atomic mass is 10.2. The summed E-state index contributed by atoms with van der Waals surface area (Å²) in [6.45, 7) is -0.243. The highest BCUT2D eigenvalue weighted by Gasteiger charge is 2.43. The van der Waals surface area contributed by atoms with Crippen molar-refractivity contribution >= 4 is 40.1 Å². The van der Waals surface area contributed by atoms with Gasteiger partial charge in [0.05, 0.1) is 17.3 Å². The molecule has 0 radical (unpaired) electrons. The second-order valence-electron chi connectivity index (χ2n) is 5.43. The number of amides is 1. The molecule has 26 heavy (non-hydrogen) atoms. The molecule has 0 saturated heterocycles. The van der Waals surface area contributed by atoms with Gasteiger partial charge in [0.25, 0.3) is 5.91 Å². The fourth-order valence-electron chi connectivity index (χ4n) is 2.12. The molecule has 0 spiro atoms. The standard InChI is InChI=1S/C14H13ClF4IN5O/c1-23(2)25(6-9-8(15)4-7(20)5-21-9)13(26)10-11(14(17,18)19)22-24(3)12(10)16/h4-5H,6H2,1-3H3. The molecule has 0 fully saturated rings. The van der Waals surface area contributed by atoms with Crippen LogP contribution in [0.5, 0.6) is 0 Å². The normalized spacial score (nSPS) is 11.9. The Balaban J connectivity index is 2.47. The van der Waals surface area contributed by atoms with E-state index in [-0.39, 0.29) is 17.3 Å². The minimum atomic E-state index is -4.98. The van der Waals surface area contributed by atoms with E-state index in [1.807, 2.05) is 22.6 Å². The zero-order valence-corrected chi connectivity index (χ0v) is 16.7. The smallest absolute Gasteiger partial charge is 0.267 e. The lowest BCUT2D eigenvalue weighted by Gasteiger charge is -2.29. The van der Waals surface area contributed by atoms with Gasteiger partial charge in [-0.25, -0.2) is 9.69 Å². The topological polar surface area (TPSA) is 54.3 Å². The van der Waals surface area contributed by atoms with E-state index in [0.717, 1.165) is 15.6 Å². The predicted octanol–water partition coefficient (Wildman–Crippen LogP) is 3.35. The van der Waals surface area contributed by atoms with E-state index >= 15 is 0 Å². The minimum absolute atomic E-state index is 0.235. The van der Waals surface area contributed by atoms with Gasteiger partial charge in [0.2, 0.25) is 5.95 Å². The molecule has 142 valence electrons. The number of aryl methyl sites for hydroxylation is 1. The van der Waals surface area contributed by atoms with Gasteiger partial charge >= 0.3 is 6.18 Å². The van der Waals surface area contributed by atoms with Crippen LogP contribution in [0.4, 0.5) is 17.6 Å². The summed E-state index contributed by atoms with van der Waals surface area (Å²) in [5.74, 6) is -2.58. The Hall–Kier alpha value is -1.47. The first kappa shape index (κ1) is 20.8. The highest BCUT2D eigenvalue weighted by atomic mass is 127. The maximum atomic E-state index is 14.2. The SMILES string of the molecule is CN(C)N(Cc1ncc(I)cc1Cl)C(=O)c1c(C(F)(F)F)nn(C)c1F. The molecule has 0 N–H and O–H groups in total. The molecule has 0 unspecified atom stereocenters. The Morgan fingerprint density at radius 1 is 1.38 bits per heavy atom. The number of halogens is 6. The monoisotopic (exact) mass is 505 g/mol. The molecule has 6 nitrogen and oxygen atoms in total. The Kier molecular flexibility index (Phi) is 6.13. The summed E-state index contributed by atoms with van der Waals surface area (Å²) in [6, 6.07) is 1.59. The van der Waals surface area contributed by atoms with Gasteiger partial charge in [0, 0.05) is 30.9 Å². The Labute approximate surface area is 164 Å². The molecule has 0 bridgehead atoms. The number of alkyl halides is 3. The zero-order valence-electron chi connectivity index (χ0n) is 13.8. The third kappa shape index (κ3) is 4.26. The molecule has 0 saturated carbocycles. The molecular weight excluding hydrogens is 493 g/mol. The van der Waals surface area contributed by atoms with Crippen molar-refractivity contribution in [3.63, 3.8) is 0 Å². The van der Waals surface area contributed by atoms with Crippen LogP contribution in [0.25, 0.3) is 0 Å². The van der Waals surface area contributed by atoms with E-state index in [4.69, 9.17) is 11.6 Å². The molecule has 2 heterocycles. The number of carbonyl (C=O) groups excluding carboxylic acids is 1. The summed E-state index contributed by atoms with van der Waals surface area (Å²) in [5, 5.41) is 5.45. The van der Waals surface area contributed by atoms with Gasteiger partial charge < -0.3 is 0 Å². The van der Waals surface area contributed by atoms with Crippen LogP contribution in [-0.2, 0) is 19.8 Å². The first-order chi connectivity index (χ1) is 11.9. The van der Waals surface area contributed by atoms with Crippen molar-refractivity contribution in [2.24, 2.45) is 7.05 Å². The molecule has 0 aliphatic rings. The average Bonchev–Trinajstić information content (AvgIpc) is 2.81. The number of hydrogen-bond acceptors (Lipinski definition) is 4. The molecule has 2 aromatic rings. The molecular formula is C14H13ClF4IN5O. The van der Waals surface area contributed by atoms with Crippen molar-refractivity contribution in [2.45, 2.75) is 12.7 Å². The predicted molar refractivity (Wildman–Crippen MR) is 93.7 cm³/mol. The summed E-state index contributed by atoms with van der Waals surface area (Å²) in [4.78, 5) is 16.8. The highest BCUT2D eigenvalue weighted by molar-refractivity contribution is 14.1. The van der Waals surface area contributed by atoms with E-state index in [1.165, 1.54) is 25.3 Å². The van der Waals surface area contributed by atoms with Crippen LogP contribution in [0.3, 0.4) is 0 Å². The zero-order chi connectivity index (χ0) is 19.8. The largest absolute Gasteiger partial charge is 0.436 e. The van der Waals surface area contributed by atoms with Gasteiger partial charge in [-0.05, 0) is 28.7 Å². The summed E-state index contributed by atoms with van der Waals surface area (Å²) in [6.07, 6.45) is -3.49. The number of rotatable bonds is 4. The highest BCUT2D eigenvalue weighted by Crippen LogP contribution is 2.33. The van der Waals surface area contributed by atoms with Crippen molar-refractivity contribution in [1.82, 2.24) is 24.8 Å². The van der Waals surface area contributed by atoms with Crippen LogP contribution < -0.4 is 0 Å². The second-order valence-corrected chi connectivity index (χ2v) is 7.08. The number of aromatic nitrogens is 3. The van der Waals surface area contributed by atoms with E-state index in [2.05, 4.69) is 10.1 Å². The van der Waals surface area contributed by atoms with E-state index in [1.54, 1.807) is 6.07 Å². The Morgan fingerprint density at radius 3 is 2.50 bits per heavy atom. The summed E-state index contributed by atoms with van der Waals surface area (Å²) in [7, 11) is 3.85. The van der Waals surface area contributed by atoms with Gasteiger partial charge in [-0.15, -0.1) is 0 Å². The first-order valence-electron chi connectivity index (χ1n) is 7.02. The lowest BCUT2D eigenvalue weighted by Crippen LogP contribution is -2.42. The van der Waals surface area contributed by atoms with Crippen molar-refractivity contribution in [3.8, 4) is 0 Å². The van der Waals surface area contributed by atoms with Gasteiger partial charge in [0.15, 0.2) is 5.69 Å². The van der Waals surface area contributed by atoms with Gasteiger partial charge in [-0.2, -0.15) is 22.7 Å². The van der Waals surface area contributed by atoms with Crippen LogP contribution in [0, 0.1) is 9.52 Å². The summed E-state index contributed by atoms with van der Waals surface area (Å²) >= 11 is 8.06. The first-order valence-corrected chi connectivity index (χ1v) is 8.47. The third-order valence-corrected chi connectivity index (χ3v) is 4.28. The molecule has 0 aliphatic carbocycles. The van der Waals surface area contributed by atoms with Gasteiger partial charge in [-0.1, -0.05) is 11.6 Å². The van der Waals surface area contributed by atoms with Crippen LogP contribution in [-0.4, -0.2) is 44.8 Å². The van der Waals surface area contributed by atoms with Crippen molar-refractivity contribution in [3.05, 3.63) is 43.8 Å². The van der Waals surface area contributed by atoms with Gasteiger partial charge in [0.1, 0.15) is 5.56 Å². The van der Waals surface area contributed by atoms with Crippen molar-refractivity contribution < 1.29 is 22.4 Å². The van der Waals surface area contributed by atoms with Crippen LogP contribution in [0.15, 0.2) is 12.3 Å². The quantitative estimate of drug-likeness (QED) is 0.363. The molecule has 12 heteroatoms. The average molecular weight is 506 g/mol. The van der Waals surface area contributed by atoms with Crippen LogP contribution in [0.2, 0.25) is 5.02 Å². The van der Waals surface area contributed by atoms with Crippen molar-refractivity contribution in [2.75, 3.05) is 14.1 Å². The summed E-state index contributed by atoms with van der Waals surface area (Å²) in [5.41, 5.74) is -2.49. The number of hydrogen-bond donors (Lipinski definition) is 0. The minimum Gasteiger partial charge on any atom is -0.267 e. The number of hydrazine groups is 1.